The fraction of sp³-hybridized carbons (Fsp3) is 0.188. The highest BCUT2D eigenvalue weighted by Crippen LogP contribution is 2.37. The number of carboxylic acids is 1. The predicted molar refractivity (Wildman–Crippen MR) is 77.5 cm³/mol. The summed E-state index contributed by atoms with van der Waals surface area (Å²) in [7, 11) is 0. The van der Waals surface area contributed by atoms with Crippen LogP contribution in [0, 0.1) is 6.92 Å². The third-order valence-electron chi connectivity index (χ3n) is 3.65. The summed E-state index contributed by atoms with van der Waals surface area (Å²) in [5.41, 5.74) is 2.62. The molecule has 3 rings (SSSR count). The number of anilines is 1. The van der Waals surface area contributed by atoms with Crippen LogP contribution in [0.25, 0.3) is 0 Å². The van der Waals surface area contributed by atoms with Gasteiger partial charge in [0.15, 0.2) is 0 Å². The van der Waals surface area contributed by atoms with Crippen molar-refractivity contribution in [3.05, 3.63) is 59.4 Å². The largest absolute Gasteiger partial charge is 0.481 e. The van der Waals surface area contributed by atoms with E-state index in [-0.39, 0.29) is 12.5 Å². The van der Waals surface area contributed by atoms with E-state index < -0.39 is 11.9 Å². The molecule has 1 atom stereocenters. The van der Waals surface area contributed by atoms with Gasteiger partial charge in [-0.2, -0.15) is 0 Å². The Morgan fingerprint density at radius 2 is 2.05 bits per heavy atom. The second kappa shape index (κ2) is 5.01. The fourth-order valence-electron chi connectivity index (χ4n) is 2.65. The van der Waals surface area contributed by atoms with Gasteiger partial charge in [0, 0.05) is 29.7 Å². The van der Waals surface area contributed by atoms with Crippen LogP contribution in [0.5, 0.6) is 0 Å². The van der Waals surface area contributed by atoms with Crippen molar-refractivity contribution < 1.29 is 14.7 Å². The topological polar surface area (TPSA) is 70.5 Å². The number of hydrogen-bond donors (Lipinski definition) is 1. The van der Waals surface area contributed by atoms with Crippen molar-refractivity contribution in [2.24, 2.45) is 0 Å². The monoisotopic (exact) mass is 282 g/mol. The zero-order valence-electron chi connectivity index (χ0n) is 11.5. The summed E-state index contributed by atoms with van der Waals surface area (Å²) in [5.74, 6) is -1.78. The Balaban J connectivity index is 2.01. The molecule has 1 amide bonds. The van der Waals surface area contributed by atoms with Gasteiger partial charge >= 0.3 is 5.97 Å². The zero-order valence-corrected chi connectivity index (χ0v) is 11.5. The Kier molecular flexibility index (Phi) is 3.17. The SMILES string of the molecule is Cc1cc(C(=O)N2CC(C(=O)O)c3ccccc32)ccn1. The summed E-state index contributed by atoms with van der Waals surface area (Å²) in [5, 5.41) is 9.33. The first-order valence-corrected chi connectivity index (χ1v) is 6.64. The van der Waals surface area contributed by atoms with E-state index in [2.05, 4.69) is 4.98 Å². The molecule has 0 spiro atoms. The van der Waals surface area contributed by atoms with Gasteiger partial charge < -0.3 is 10.0 Å². The van der Waals surface area contributed by atoms with E-state index in [1.807, 2.05) is 6.92 Å². The standard InChI is InChI=1S/C16H14N2O3/c1-10-8-11(6-7-17-10)15(19)18-9-13(16(20)21)12-4-2-3-5-14(12)18/h2-8,13H,9H2,1H3,(H,20,21). The number of nitrogens with zero attached hydrogens (tertiary/aromatic N) is 2. The van der Waals surface area contributed by atoms with Gasteiger partial charge in [0.05, 0.1) is 0 Å². The van der Waals surface area contributed by atoms with Crippen LogP contribution in [0.3, 0.4) is 0 Å². The molecule has 0 bridgehead atoms. The number of aryl methyl sites for hydroxylation is 1. The van der Waals surface area contributed by atoms with E-state index in [9.17, 15) is 14.7 Å². The predicted octanol–water partition coefficient (Wildman–Crippen LogP) is 2.22. The minimum atomic E-state index is -0.913. The van der Waals surface area contributed by atoms with Crippen LogP contribution in [-0.2, 0) is 4.79 Å². The van der Waals surface area contributed by atoms with E-state index in [0.717, 1.165) is 5.69 Å². The molecular weight excluding hydrogens is 268 g/mol. The van der Waals surface area contributed by atoms with E-state index in [1.54, 1.807) is 42.6 Å². The van der Waals surface area contributed by atoms with Gasteiger partial charge in [-0.25, -0.2) is 0 Å². The number of carbonyl (C=O) groups is 2. The van der Waals surface area contributed by atoms with Crippen molar-refractivity contribution >= 4 is 17.6 Å². The van der Waals surface area contributed by atoms with Crippen molar-refractivity contribution in [2.45, 2.75) is 12.8 Å². The van der Waals surface area contributed by atoms with Crippen molar-refractivity contribution in [1.29, 1.82) is 0 Å². The van der Waals surface area contributed by atoms with Crippen LogP contribution < -0.4 is 4.90 Å². The lowest BCUT2D eigenvalue weighted by Gasteiger charge is -2.17. The van der Waals surface area contributed by atoms with Crippen molar-refractivity contribution in [3.63, 3.8) is 0 Å². The molecule has 0 radical (unpaired) electrons. The molecule has 1 aliphatic heterocycles. The number of aromatic nitrogens is 1. The van der Waals surface area contributed by atoms with E-state index in [0.29, 0.717) is 16.8 Å². The second-order valence-corrected chi connectivity index (χ2v) is 5.05. The van der Waals surface area contributed by atoms with Gasteiger partial charge in [-0.3, -0.25) is 14.6 Å². The van der Waals surface area contributed by atoms with Crippen LogP contribution in [0.15, 0.2) is 42.6 Å². The number of amides is 1. The molecule has 2 heterocycles. The van der Waals surface area contributed by atoms with Crippen LogP contribution >= 0.6 is 0 Å². The molecule has 21 heavy (non-hydrogen) atoms. The molecule has 106 valence electrons. The normalized spacial score (nSPS) is 16.6. The summed E-state index contributed by atoms with van der Waals surface area (Å²) in [6, 6.07) is 10.5. The number of pyridine rings is 1. The first-order chi connectivity index (χ1) is 10.1. The van der Waals surface area contributed by atoms with Crippen LogP contribution in [0.4, 0.5) is 5.69 Å². The minimum Gasteiger partial charge on any atom is -0.481 e. The molecular formula is C16H14N2O3. The second-order valence-electron chi connectivity index (χ2n) is 5.05. The molecule has 0 saturated heterocycles. The molecule has 2 aromatic rings. The molecule has 0 aliphatic carbocycles. The maximum Gasteiger partial charge on any atom is 0.312 e. The highest BCUT2D eigenvalue weighted by atomic mass is 16.4. The van der Waals surface area contributed by atoms with Gasteiger partial charge in [-0.05, 0) is 30.7 Å². The van der Waals surface area contributed by atoms with E-state index >= 15 is 0 Å². The number of fused-ring (bicyclic) bond motifs is 1. The fourth-order valence-corrected chi connectivity index (χ4v) is 2.65. The van der Waals surface area contributed by atoms with Gasteiger partial charge in [-0.15, -0.1) is 0 Å². The number of aliphatic carboxylic acids is 1. The molecule has 5 heteroatoms. The number of benzene rings is 1. The minimum absolute atomic E-state index is 0.162. The molecule has 0 fully saturated rings. The van der Waals surface area contributed by atoms with Gasteiger partial charge in [-0.1, -0.05) is 18.2 Å². The first kappa shape index (κ1) is 13.3. The lowest BCUT2D eigenvalue weighted by Crippen LogP contribution is -2.31. The Hall–Kier alpha value is -2.69. The summed E-state index contributed by atoms with van der Waals surface area (Å²) >= 11 is 0. The number of rotatable bonds is 2. The van der Waals surface area contributed by atoms with Crippen molar-refractivity contribution in [1.82, 2.24) is 4.98 Å². The number of para-hydroxylation sites is 1. The third kappa shape index (κ3) is 2.27. The first-order valence-electron chi connectivity index (χ1n) is 6.64. The highest BCUT2D eigenvalue weighted by molar-refractivity contribution is 6.08. The van der Waals surface area contributed by atoms with Gasteiger partial charge in [0.25, 0.3) is 5.91 Å². The summed E-state index contributed by atoms with van der Waals surface area (Å²) in [6.45, 7) is 1.98. The molecule has 1 unspecified atom stereocenters. The zero-order chi connectivity index (χ0) is 15.0. The van der Waals surface area contributed by atoms with Crippen LogP contribution in [-0.4, -0.2) is 28.5 Å². The Morgan fingerprint density at radius 1 is 1.29 bits per heavy atom. The Bertz CT molecular complexity index is 727. The lowest BCUT2D eigenvalue weighted by atomic mass is 10.0. The maximum atomic E-state index is 12.6. The molecule has 5 nitrogen and oxygen atoms in total. The summed E-state index contributed by atoms with van der Waals surface area (Å²) in [6.07, 6.45) is 1.58. The summed E-state index contributed by atoms with van der Waals surface area (Å²) < 4.78 is 0. The molecule has 0 saturated carbocycles. The van der Waals surface area contributed by atoms with E-state index in [4.69, 9.17) is 0 Å². The number of hydrogen-bond acceptors (Lipinski definition) is 3. The molecule has 1 N–H and O–H groups in total. The Morgan fingerprint density at radius 3 is 2.76 bits per heavy atom. The average molecular weight is 282 g/mol. The van der Waals surface area contributed by atoms with Gasteiger partial charge in [0.2, 0.25) is 0 Å². The lowest BCUT2D eigenvalue weighted by molar-refractivity contribution is -0.138. The molecule has 1 aromatic heterocycles. The van der Waals surface area contributed by atoms with Crippen LogP contribution in [0.1, 0.15) is 27.5 Å². The number of carbonyl (C=O) groups excluding carboxylic acids is 1. The van der Waals surface area contributed by atoms with Crippen molar-refractivity contribution in [2.75, 3.05) is 11.4 Å². The third-order valence-corrected chi connectivity index (χ3v) is 3.65. The van der Waals surface area contributed by atoms with E-state index in [1.165, 1.54) is 4.90 Å². The van der Waals surface area contributed by atoms with Crippen molar-refractivity contribution in [3.8, 4) is 0 Å². The average Bonchev–Trinajstić information content (AvgIpc) is 2.86. The van der Waals surface area contributed by atoms with Crippen LogP contribution in [0.2, 0.25) is 0 Å². The highest BCUT2D eigenvalue weighted by Gasteiger charge is 2.36. The Labute approximate surface area is 121 Å². The molecule has 1 aromatic carbocycles. The summed E-state index contributed by atoms with van der Waals surface area (Å²) in [4.78, 5) is 29.6. The smallest absolute Gasteiger partial charge is 0.312 e. The quantitative estimate of drug-likeness (QED) is 0.916. The maximum absolute atomic E-state index is 12.6. The number of carboxylic acid groups (broad SMARTS) is 1. The van der Waals surface area contributed by atoms with Gasteiger partial charge in [0.1, 0.15) is 5.92 Å². The molecule has 1 aliphatic rings.